The Morgan fingerprint density at radius 3 is 0.861 bits per heavy atom. The molecule has 0 radical (unpaired) electrons. The quantitative estimate of drug-likeness (QED) is 0.0261. The molecule has 0 aliphatic carbocycles. The summed E-state index contributed by atoms with van der Waals surface area (Å²) in [6.45, 7) is 6.56. The Morgan fingerprint density at radius 2 is 0.542 bits per heavy atom. The van der Waals surface area contributed by atoms with Crippen molar-refractivity contribution >= 4 is 17.9 Å². The van der Waals surface area contributed by atoms with Gasteiger partial charge in [0, 0.05) is 19.3 Å². The minimum Gasteiger partial charge on any atom is -0.462 e. The average Bonchev–Trinajstić information content (AvgIpc) is 3.38. The highest BCUT2D eigenvalue weighted by atomic mass is 16.6. The zero-order chi connectivity index (χ0) is 52.2. The molecule has 0 saturated carbocycles. The summed E-state index contributed by atoms with van der Waals surface area (Å²) < 4.78 is 16.9. The molecule has 6 nitrogen and oxygen atoms in total. The summed E-state index contributed by atoms with van der Waals surface area (Å²) in [5, 5.41) is 0. The lowest BCUT2D eigenvalue weighted by molar-refractivity contribution is -0.167. The van der Waals surface area contributed by atoms with Crippen molar-refractivity contribution in [2.45, 2.75) is 329 Å². The number of carbonyl (C=O) groups excluding carboxylic acids is 3. The van der Waals surface area contributed by atoms with E-state index in [1.807, 2.05) is 0 Å². The summed E-state index contributed by atoms with van der Waals surface area (Å²) in [7, 11) is 0. The summed E-state index contributed by atoms with van der Waals surface area (Å²) in [5.41, 5.74) is 0. The van der Waals surface area contributed by atoms with Crippen molar-refractivity contribution in [2.24, 2.45) is 0 Å². The summed E-state index contributed by atoms with van der Waals surface area (Å²) in [6.07, 6.45) is 76.5. The van der Waals surface area contributed by atoms with Gasteiger partial charge in [-0.15, -0.1) is 0 Å². The molecule has 0 amide bonds. The van der Waals surface area contributed by atoms with Crippen molar-refractivity contribution in [3.63, 3.8) is 0 Å². The van der Waals surface area contributed by atoms with Gasteiger partial charge >= 0.3 is 17.9 Å². The molecule has 0 fully saturated rings. The predicted molar refractivity (Wildman–Crippen MR) is 312 cm³/mol. The number of hydrogen-bond donors (Lipinski definition) is 0. The molecule has 1 unspecified atom stereocenters. The van der Waals surface area contributed by atoms with Crippen molar-refractivity contribution in [3.8, 4) is 0 Å². The monoisotopic (exact) mass is 1010 g/mol. The lowest BCUT2D eigenvalue weighted by Gasteiger charge is -2.18. The molecule has 0 rings (SSSR count). The van der Waals surface area contributed by atoms with Gasteiger partial charge in [-0.1, -0.05) is 281 Å². The molecule has 0 aliphatic rings. The van der Waals surface area contributed by atoms with Gasteiger partial charge in [-0.2, -0.15) is 0 Å². The molecule has 418 valence electrons. The van der Waals surface area contributed by atoms with Crippen LogP contribution >= 0.6 is 0 Å². The van der Waals surface area contributed by atoms with E-state index < -0.39 is 6.10 Å². The average molecular weight is 1010 g/mol. The van der Waals surface area contributed by atoms with Crippen molar-refractivity contribution < 1.29 is 28.6 Å². The fourth-order valence-corrected chi connectivity index (χ4v) is 9.08. The van der Waals surface area contributed by atoms with Crippen LogP contribution in [0.3, 0.4) is 0 Å². The fourth-order valence-electron chi connectivity index (χ4n) is 9.08. The first-order chi connectivity index (χ1) is 35.5. The highest BCUT2D eigenvalue weighted by Crippen LogP contribution is 2.17. The van der Waals surface area contributed by atoms with Crippen molar-refractivity contribution in [3.05, 3.63) is 60.8 Å². The van der Waals surface area contributed by atoms with Crippen LogP contribution in [0, 0.1) is 0 Å². The number of esters is 3. The minimum absolute atomic E-state index is 0.0735. The fraction of sp³-hybridized carbons (Fsp3) is 0.803. The van der Waals surface area contributed by atoms with E-state index in [0.29, 0.717) is 19.3 Å². The SMILES string of the molecule is CC/C=C\C/C=C\C/C=C\C/C=C\CCCCCCCCCCCCC(=O)OCC(COC(=O)CCCCCCCCCCCCCCC)OC(=O)CCCCCCCCC/C=C\CCCCCCCCC. The first kappa shape index (κ1) is 69.1. The van der Waals surface area contributed by atoms with Crippen LogP contribution in [-0.2, 0) is 28.6 Å². The molecule has 0 bridgehead atoms. The largest absolute Gasteiger partial charge is 0.462 e. The maximum Gasteiger partial charge on any atom is 0.306 e. The third-order valence-electron chi connectivity index (χ3n) is 13.8. The summed E-state index contributed by atoms with van der Waals surface area (Å²) in [4.78, 5) is 38.3. The maximum atomic E-state index is 12.9. The third-order valence-corrected chi connectivity index (χ3v) is 13.8. The third kappa shape index (κ3) is 58.0. The number of ether oxygens (including phenoxy) is 3. The van der Waals surface area contributed by atoms with Crippen LogP contribution in [0.1, 0.15) is 323 Å². The number of carbonyl (C=O) groups is 3. The van der Waals surface area contributed by atoms with Crippen molar-refractivity contribution in [1.82, 2.24) is 0 Å². The Hall–Kier alpha value is -2.89. The molecular weight excluding hydrogens is 889 g/mol. The summed E-state index contributed by atoms with van der Waals surface area (Å²) in [5.74, 6) is -0.865. The second-order valence-electron chi connectivity index (χ2n) is 20.9. The van der Waals surface area contributed by atoms with Crippen LogP contribution in [0.5, 0.6) is 0 Å². The molecule has 0 aromatic heterocycles. The summed E-state index contributed by atoms with van der Waals surface area (Å²) >= 11 is 0. The number of allylic oxidation sites excluding steroid dienone is 10. The van der Waals surface area contributed by atoms with Gasteiger partial charge in [-0.3, -0.25) is 14.4 Å². The van der Waals surface area contributed by atoms with Gasteiger partial charge in [0.05, 0.1) is 0 Å². The maximum absolute atomic E-state index is 12.9. The van der Waals surface area contributed by atoms with Crippen molar-refractivity contribution in [1.29, 1.82) is 0 Å². The van der Waals surface area contributed by atoms with Gasteiger partial charge in [0.25, 0.3) is 0 Å². The van der Waals surface area contributed by atoms with Crippen LogP contribution in [-0.4, -0.2) is 37.2 Å². The normalized spacial score (nSPS) is 12.4. The first-order valence-corrected chi connectivity index (χ1v) is 31.3. The van der Waals surface area contributed by atoms with Gasteiger partial charge in [0.15, 0.2) is 6.10 Å². The second kappa shape index (κ2) is 60.7. The molecule has 72 heavy (non-hydrogen) atoms. The second-order valence-corrected chi connectivity index (χ2v) is 20.9. The van der Waals surface area contributed by atoms with Crippen LogP contribution < -0.4 is 0 Å². The van der Waals surface area contributed by atoms with E-state index in [1.165, 1.54) is 199 Å². The Kier molecular flexibility index (Phi) is 58.2. The number of rotatable bonds is 57. The zero-order valence-corrected chi connectivity index (χ0v) is 47.9. The van der Waals surface area contributed by atoms with E-state index >= 15 is 0 Å². The Bertz CT molecular complexity index is 1290. The van der Waals surface area contributed by atoms with Crippen molar-refractivity contribution in [2.75, 3.05) is 13.2 Å². The van der Waals surface area contributed by atoms with Gasteiger partial charge in [0.1, 0.15) is 13.2 Å². The van der Waals surface area contributed by atoms with E-state index in [0.717, 1.165) is 83.5 Å². The molecule has 0 saturated heterocycles. The summed E-state index contributed by atoms with van der Waals surface area (Å²) in [6, 6.07) is 0. The lowest BCUT2D eigenvalue weighted by Crippen LogP contribution is -2.30. The van der Waals surface area contributed by atoms with E-state index in [9.17, 15) is 14.4 Å². The van der Waals surface area contributed by atoms with Crippen LogP contribution in [0.4, 0.5) is 0 Å². The predicted octanol–water partition coefficient (Wildman–Crippen LogP) is 21.2. The molecular formula is C66H118O6. The Morgan fingerprint density at radius 1 is 0.292 bits per heavy atom. The molecule has 1 atom stereocenters. The standard InChI is InChI=1S/C66H118O6/c1-4-7-10-13-16-19-22-25-27-29-31-32-33-34-35-37-38-41-44-47-50-53-56-59-65(68)71-62-63(61-70-64(67)58-55-52-49-46-43-40-24-21-18-15-12-9-6-3)72-66(69)60-57-54-51-48-45-42-39-36-30-28-26-23-20-17-14-11-8-5-2/h7,10,16,19,25,27-28,30-32,63H,4-6,8-9,11-15,17-18,20-24,26,29,33-62H2,1-3H3/b10-7-,19-16-,27-25-,30-28-,32-31-. The molecule has 6 heteroatoms. The highest BCUT2D eigenvalue weighted by molar-refractivity contribution is 5.71. The smallest absolute Gasteiger partial charge is 0.306 e. The van der Waals surface area contributed by atoms with Crippen LogP contribution in [0.25, 0.3) is 0 Å². The number of unbranched alkanes of at least 4 members (excludes halogenated alkanes) is 36. The van der Waals surface area contributed by atoms with Gasteiger partial charge in [-0.05, 0) is 83.5 Å². The lowest BCUT2D eigenvalue weighted by atomic mass is 10.0. The molecule has 0 aliphatic heterocycles. The molecule has 0 aromatic carbocycles. The minimum atomic E-state index is -0.776. The van der Waals surface area contributed by atoms with Gasteiger partial charge < -0.3 is 14.2 Å². The van der Waals surface area contributed by atoms with Crippen LogP contribution in [0.15, 0.2) is 60.8 Å². The van der Waals surface area contributed by atoms with Crippen LogP contribution in [0.2, 0.25) is 0 Å². The molecule has 0 heterocycles. The van der Waals surface area contributed by atoms with Gasteiger partial charge in [0.2, 0.25) is 0 Å². The number of hydrogen-bond acceptors (Lipinski definition) is 6. The van der Waals surface area contributed by atoms with Gasteiger partial charge in [-0.25, -0.2) is 0 Å². The first-order valence-electron chi connectivity index (χ1n) is 31.3. The Labute approximate surface area is 447 Å². The topological polar surface area (TPSA) is 78.9 Å². The Balaban J connectivity index is 4.31. The molecule has 0 N–H and O–H groups in total. The van der Waals surface area contributed by atoms with E-state index in [1.54, 1.807) is 0 Å². The van der Waals surface area contributed by atoms with E-state index in [4.69, 9.17) is 14.2 Å². The van der Waals surface area contributed by atoms with E-state index in [-0.39, 0.29) is 31.1 Å². The molecule has 0 aromatic rings. The highest BCUT2D eigenvalue weighted by Gasteiger charge is 2.19. The van der Waals surface area contributed by atoms with E-state index in [2.05, 4.69) is 81.5 Å². The zero-order valence-electron chi connectivity index (χ0n) is 47.9. The molecule has 0 spiro atoms.